The van der Waals surface area contributed by atoms with Gasteiger partial charge in [0.25, 0.3) is 15.9 Å². The molecular weight excluding hydrogens is 434 g/mol. The van der Waals surface area contributed by atoms with Crippen LogP contribution in [0.5, 0.6) is 5.75 Å². The molecule has 0 unspecified atom stereocenters. The molecular formula is C24H18ClNO4S. The van der Waals surface area contributed by atoms with Crippen molar-refractivity contribution in [2.75, 3.05) is 11.4 Å². The average Bonchev–Trinajstić information content (AvgIpc) is 2.79. The van der Waals surface area contributed by atoms with Crippen molar-refractivity contribution in [1.29, 1.82) is 0 Å². The number of hydrogen-bond donors (Lipinski definition) is 0. The van der Waals surface area contributed by atoms with Crippen molar-refractivity contribution in [1.82, 2.24) is 0 Å². The fourth-order valence-corrected chi connectivity index (χ4v) is 5.04. The van der Waals surface area contributed by atoms with Crippen LogP contribution in [0.4, 0.5) is 5.69 Å². The van der Waals surface area contributed by atoms with Crippen LogP contribution in [-0.2, 0) is 10.0 Å². The van der Waals surface area contributed by atoms with Crippen molar-refractivity contribution in [2.24, 2.45) is 0 Å². The van der Waals surface area contributed by atoms with Crippen LogP contribution < -0.4 is 9.04 Å². The summed E-state index contributed by atoms with van der Waals surface area (Å²) in [6, 6.07) is 24.8. The van der Waals surface area contributed by atoms with E-state index in [1.54, 1.807) is 42.5 Å². The third-order valence-electron chi connectivity index (χ3n) is 4.86. The SMILES string of the molecule is COc1ccc(N(C(=O)c2cccc3ccccc23)S(=O)(=O)c2ccccc2)cc1Cl. The quantitative estimate of drug-likeness (QED) is 0.399. The average molecular weight is 452 g/mol. The van der Waals surface area contributed by atoms with Gasteiger partial charge in [-0.25, -0.2) is 8.42 Å². The molecule has 156 valence electrons. The normalized spacial score (nSPS) is 11.3. The minimum absolute atomic E-state index is 0.00414. The van der Waals surface area contributed by atoms with E-state index in [-0.39, 0.29) is 21.2 Å². The Morgan fingerprint density at radius 2 is 1.55 bits per heavy atom. The molecule has 0 aromatic heterocycles. The molecule has 0 atom stereocenters. The van der Waals surface area contributed by atoms with E-state index in [2.05, 4.69) is 0 Å². The van der Waals surface area contributed by atoms with Crippen molar-refractivity contribution in [3.05, 3.63) is 102 Å². The lowest BCUT2D eigenvalue weighted by atomic mass is 10.0. The molecule has 0 radical (unpaired) electrons. The Morgan fingerprint density at radius 1 is 0.871 bits per heavy atom. The first-order valence-corrected chi connectivity index (χ1v) is 11.2. The number of amides is 1. The Balaban J connectivity index is 1.94. The Hall–Kier alpha value is -3.35. The summed E-state index contributed by atoms with van der Waals surface area (Å²) in [5.41, 5.74) is 0.386. The summed E-state index contributed by atoms with van der Waals surface area (Å²) in [6.07, 6.45) is 0. The highest BCUT2D eigenvalue weighted by Crippen LogP contribution is 2.34. The number of rotatable bonds is 5. The van der Waals surface area contributed by atoms with Crippen LogP contribution >= 0.6 is 11.6 Å². The molecule has 0 fully saturated rings. The van der Waals surface area contributed by atoms with E-state index in [1.807, 2.05) is 18.2 Å². The van der Waals surface area contributed by atoms with Gasteiger partial charge in [0.15, 0.2) is 0 Å². The molecule has 0 saturated heterocycles. The standard InChI is InChI=1S/C24H18ClNO4S/c1-30-23-15-14-18(16-22(23)25)26(31(28,29)19-10-3-2-4-11-19)24(27)21-13-7-9-17-8-5-6-12-20(17)21/h2-16H,1H3. The molecule has 0 aliphatic carbocycles. The molecule has 5 nitrogen and oxygen atoms in total. The second kappa shape index (κ2) is 8.41. The van der Waals surface area contributed by atoms with Crippen LogP contribution in [0.3, 0.4) is 0 Å². The van der Waals surface area contributed by atoms with E-state index in [0.29, 0.717) is 11.1 Å². The Kier molecular flexibility index (Phi) is 5.67. The van der Waals surface area contributed by atoms with Gasteiger partial charge >= 0.3 is 0 Å². The molecule has 0 heterocycles. The maximum Gasteiger partial charge on any atom is 0.272 e. The zero-order valence-electron chi connectivity index (χ0n) is 16.5. The van der Waals surface area contributed by atoms with Gasteiger partial charge in [-0.3, -0.25) is 4.79 Å². The third-order valence-corrected chi connectivity index (χ3v) is 6.88. The molecule has 0 aliphatic heterocycles. The van der Waals surface area contributed by atoms with E-state index in [9.17, 15) is 13.2 Å². The number of sulfonamides is 1. The van der Waals surface area contributed by atoms with Crippen LogP contribution in [0.2, 0.25) is 5.02 Å². The van der Waals surface area contributed by atoms with E-state index in [1.165, 1.54) is 37.4 Å². The lowest BCUT2D eigenvalue weighted by molar-refractivity contribution is 0.101. The molecule has 31 heavy (non-hydrogen) atoms. The highest BCUT2D eigenvalue weighted by molar-refractivity contribution is 7.93. The number of carbonyl (C=O) groups is 1. The minimum Gasteiger partial charge on any atom is -0.495 e. The molecule has 4 aromatic rings. The lowest BCUT2D eigenvalue weighted by Crippen LogP contribution is -2.37. The van der Waals surface area contributed by atoms with Gasteiger partial charge in [0, 0.05) is 5.56 Å². The van der Waals surface area contributed by atoms with Gasteiger partial charge in [0.1, 0.15) is 5.75 Å². The molecule has 7 heteroatoms. The predicted octanol–water partition coefficient (Wildman–Crippen LogP) is 5.54. The van der Waals surface area contributed by atoms with Crippen LogP contribution in [0, 0.1) is 0 Å². The first-order valence-electron chi connectivity index (χ1n) is 9.39. The number of nitrogens with zero attached hydrogens (tertiary/aromatic N) is 1. The monoisotopic (exact) mass is 451 g/mol. The summed E-state index contributed by atoms with van der Waals surface area (Å²) in [4.78, 5) is 13.7. The zero-order valence-corrected chi connectivity index (χ0v) is 18.1. The number of fused-ring (bicyclic) bond motifs is 1. The minimum atomic E-state index is -4.22. The maximum atomic E-state index is 13.7. The van der Waals surface area contributed by atoms with Gasteiger partial charge in [0.05, 0.1) is 22.7 Å². The summed E-state index contributed by atoms with van der Waals surface area (Å²) in [5.74, 6) is -0.304. The van der Waals surface area contributed by atoms with E-state index < -0.39 is 15.9 Å². The first kappa shape index (κ1) is 20.9. The molecule has 0 bridgehead atoms. The number of carbonyl (C=O) groups excluding carboxylic acids is 1. The fourth-order valence-electron chi connectivity index (χ4n) is 3.37. The molecule has 4 aromatic carbocycles. The largest absolute Gasteiger partial charge is 0.495 e. The number of halogens is 1. The van der Waals surface area contributed by atoms with Crippen LogP contribution in [-0.4, -0.2) is 21.4 Å². The third kappa shape index (κ3) is 3.87. The van der Waals surface area contributed by atoms with Gasteiger partial charge < -0.3 is 4.74 Å². The smallest absolute Gasteiger partial charge is 0.272 e. The zero-order chi connectivity index (χ0) is 22.0. The second-order valence-electron chi connectivity index (χ2n) is 6.73. The summed E-state index contributed by atoms with van der Waals surface area (Å²) in [5, 5.41) is 1.68. The van der Waals surface area contributed by atoms with Gasteiger partial charge in [-0.05, 0) is 47.2 Å². The summed E-state index contributed by atoms with van der Waals surface area (Å²) >= 11 is 6.26. The number of anilines is 1. The summed E-state index contributed by atoms with van der Waals surface area (Å²) in [6.45, 7) is 0. The second-order valence-corrected chi connectivity index (χ2v) is 8.93. The Labute approximate surface area is 185 Å². The van der Waals surface area contributed by atoms with Crippen LogP contribution in [0.1, 0.15) is 10.4 Å². The van der Waals surface area contributed by atoms with Crippen LogP contribution in [0.25, 0.3) is 10.8 Å². The van der Waals surface area contributed by atoms with Crippen molar-refractivity contribution < 1.29 is 17.9 Å². The predicted molar refractivity (Wildman–Crippen MR) is 122 cm³/mol. The molecule has 0 spiro atoms. The Morgan fingerprint density at radius 3 is 2.26 bits per heavy atom. The van der Waals surface area contributed by atoms with E-state index in [0.717, 1.165) is 9.69 Å². The van der Waals surface area contributed by atoms with Crippen molar-refractivity contribution in [3.63, 3.8) is 0 Å². The molecule has 0 aliphatic rings. The summed E-state index contributed by atoms with van der Waals surface area (Å²) in [7, 11) is -2.76. The topological polar surface area (TPSA) is 63.7 Å². The number of methoxy groups -OCH3 is 1. The van der Waals surface area contributed by atoms with Gasteiger partial charge in [-0.1, -0.05) is 66.2 Å². The number of benzene rings is 4. The van der Waals surface area contributed by atoms with Gasteiger partial charge in [0.2, 0.25) is 0 Å². The highest BCUT2D eigenvalue weighted by atomic mass is 35.5. The van der Waals surface area contributed by atoms with Crippen LogP contribution in [0.15, 0.2) is 95.9 Å². The Bertz CT molecular complexity index is 1370. The van der Waals surface area contributed by atoms with Gasteiger partial charge in [-0.15, -0.1) is 0 Å². The van der Waals surface area contributed by atoms with Crippen molar-refractivity contribution >= 4 is 44.0 Å². The number of hydrogen-bond acceptors (Lipinski definition) is 4. The van der Waals surface area contributed by atoms with Crippen molar-refractivity contribution in [2.45, 2.75) is 4.90 Å². The molecule has 4 rings (SSSR count). The fraction of sp³-hybridized carbons (Fsp3) is 0.0417. The number of ether oxygens (including phenoxy) is 1. The molecule has 0 N–H and O–H groups in total. The van der Waals surface area contributed by atoms with E-state index in [4.69, 9.17) is 16.3 Å². The molecule has 0 saturated carbocycles. The van der Waals surface area contributed by atoms with Crippen molar-refractivity contribution in [3.8, 4) is 5.75 Å². The highest BCUT2D eigenvalue weighted by Gasteiger charge is 2.33. The summed E-state index contributed by atoms with van der Waals surface area (Å²) < 4.78 is 33.1. The lowest BCUT2D eigenvalue weighted by Gasteiger charge is -2.24. The first-order chi connectivity index (χ1) is 14.9. The molecule has 1 amide bonds. The van der Waals surface area contributed by atoms with E-state index >= 15 is 0 Å². The maximum absolute atomic E-state index is 13.7. The van der Waals surface area contributed by atoms with Gasteiger partial charge in [-0.2, -0.15) is 4.31 Å².